The summed E-state index contributed by atoms with van der Waals surface area (Å²) in [5.41, 5.74) is 2.29. The maximum atomic E-state index is 6.04. The van der Waals surface area contributed by atoms with Crippen molar-refractivity contribution >= 4 is 11.0 Å². The van der Waals surface area contributed by atoms with Gasteiger partial charge in [0.1, 0.15) is 11.3 Å². The zero-order valence-electron chi connectivity index (χ0n) is 12.9. The Hall–Kier alpha value is -1.32. The second-order valence-corrected chi connectivity index (χ2v) is 5.19. The van der Waals surface area contributed by atoms with Gasteiger partial charge in [0.15, 0.2) is 0 Å². The molecule has 0 amide bonds. The molecule has 2 atom stereocenters. The molecule has 1 N–H and O–H groups in total. The van der Waals surface area contributed by atoms with Crippen LogP contribution in [0.4, 0.5) is 0 Å². The van der Waals surface area contributed by atoms with Gasteiger partial charge in [0, 0.05) is 24.1 Å². The Bertz CT molecular complexity index is 547. The molecule has 2 unspecified atom stereocenters. The lowest BCUT2D eigenvalue weighted by molar-refractivity contribution is 0.0738. The molecule has 2 rings (SSSR count). The molecule has 0 aliphatic carbocycles. The number of aryl methyl sites for hydroxylation is 1. The van der Waals surface area contributed by atoms with Gasteiger partial charge in [-0.1, -0.05) is 25.1 Å². The van der Waals surface area contributed by atoms with Crippen LogP contribution in [-0.2, 0) is 11.2 Å². The lowest BCUT2D eigenvalue weighted by Gasteiger charge is -2.17. The fraction of sp³-hybridized carbons (Fsp3) is 0.529. The number of fused-ring (bicyclic) bond motifs is 1. The Morgan fingerprint density at radius 3 is 2.65 bits per heavy atom. The van der Waals surface area contributed by atoms with E-state index in [9.17, 15) is 0 Å². The first-order valence-electron chi connectivity index (χ1n) is 7.52. The summed E-state index contributed by atoms with van der Waals surface area (Å²) in [5, 5.41) is 4.73. The van der Waals surface area contributed by atoms with Crippen molar-refractivity contribution in [3.05, 3.63) is 35.6 Å². The number of nitrogens with one attached hydrogen (secondary N) is 1. The first-order chi connectivity index (χ1) is 9.67. The molecule has 0 aliphatic rings. The third kappa shape index (κ3) is 3.22. The van der Waals surface area contributed by atoms with Crippen LogP contribution < -0.4 is 5.32 Å². The van der Waals surface area contributed by atoms with E-state index in [1.54, 1.807) is 0 Å². The molecule has 3 heteroatoms. The van der Waals surface area contributed by atoms with E-state index in [0.29, 0.717) is 0 Å². The van der Waals surface area contributed by atoms with Crippen molar-refractivity contribution in [2.75, 3.05) is 13.2 Å². The van der Waals surface area contributed by atoms with E-state index in [2.05, 4.69) is 38.2 Å². The minimum Gasteiger partial charge on any atom is -0.459 e. The third-order valence-electron chi connectivity index (χ3n) is 3.64. The van der Waals surface area contributed by atoms with Crippen LogP contribution in [0.15, 0.2) is 28.7 Å². The van der Waals surface area contributed by atoms with Crippen LogP contribution in [0, 0.1) is 0 Å². The summed E-state index contributed by atoms with van der Waals surface area (Å²) in [6.07, 6.45) is 1.20. The number of para-hydroxylation sites is 1. The second kappa shape index (κ2) is 6.91. The van der Waals surface area contributed by atoms with Crippen molar-refractivity contribution in [1.29, 1.82) is 0 Å². The van der Waals surface area contributed by atoms with Crippen LogP contribution in [0.3, 0.4) is 0 Å². The summed E-state index contributed by atoms with van der Waals surface area (Å²) in [4.78, 5) is 0. The number of benzene rings is 1. The second-order valence-electron chi connectivity index (χ2n) is 5.19. The highest BCUT2D eigenvalue weighted by Crippen LogP contribution is 2.30. The number of furan rings is 1. The smallest absolute Gasteiger partial charge is 0.134 e. The average molecular weight is 275 g/mol. The first-order valence-corrected chi connectivity index (χ1v) is 7.52. The molecule has 1 aromatic heterocycles. The standard InChI is InChI=1S/C17H25NO2/c1-5-14-15-9-7-8-10-16(15)20-17(14)13(4)18-11-12(3)19-6-2/h7-10,12-13,18H,5-6,11H2,1-4H3. The molecule has 110 valence electrons. The minimum absolute atomic E-state index is 0.195. The van der Waals surface area contributed by atoms with E-state index in [0.717, 1.165) is 30.9 Å². The fourth-order valence-electron chi connectivity index (χ4n) is 2.61. The molecule has 0 aliphatic heterocycles. The molecule has 0 bridgehead atoms. The van der Waals surface area contributed by atoms with Crippen LogP contribution in [0.1, 0.15) is 45.1 Å². The van der Waals surface area contributed by atoms with E-state index in [-0.39, 0.29) is 12.1 Å². The number of hydrogen-bond donors (Lipinski definition) is 1. The average Bonchev–Trinajstić information content (AvgIpc) is 2.83. The Morgan fingerprint density at radius 2 is 1.95 bits per heavy atom. The predicted octanol–water partition coefficient (Wildman–Crippen LogP) is 4.07. The molecule has 0 fully saturated rings. The van der Waals surface area contributed by atoms with Gasteiger partial charge in [-0.15, -0.1) is 0 Å². The van der Waals surface area contributed by atoms with Crippen LogP contribution in [0.5, 0.6) is 0 Å². The summed E-state index contributed by atoms with van der Waals surface area (Å²) in [6, 6.07) is 8.45. The zero-order chi connectivity index (χ0) is 14.5. The summed E-state index contributed by atoms with van der Waals surface area (Å²) >= 11 is 0. The first kappa shape index (κ1) is 15.1. The van der Waals surface area contributed by atoms with Gasteiger partial charge in [-0.25, -0.2) is 0 Å². The number of hydrogen-bond acceptors (Lipinski definition) is 3. The van der Waals surface area contributed by atoms with E-state index < -0.39 is 0 Å². The largest absolute Gasteiger partial charge is 0.459 e. The molecular weight excluding hydrogens is 250 g/mol. The summed E-state index contributed by atoms with van der Waals surface area (Å²) in [7, 11) is 0. The summed E-state index contributed by atoms with van der Waals surface area (Å²) < 4.78 is 11.6. The van der Waals surface area contributed by atoms with Crippen molar-refractivity contribution in [3.63, 3.8) is 0 Å². The maximum Gasteiger partial charge on any atom is 0.134 e. The fourth-order valence-corrected chi connectivity index (χ4v) is 2.61. The highest BCUT2D eigenvalue weighted by atomic mass is 16.5. The number of rotatable bonds is 7. The highest BCUT2D eigenvalue weighted by Gasteiger charge is 2.18. The number of ether oxygens (including phenoxy) is 1. The van der Waals surface area contributed by atoms with Crippen LogP contribution in [-0.4, -0.2) is 19.3 Å². The maximum absolute atomic E-state index is 6.04. The van der Waals surface area contributed by atoms with Gasteiger partial charge >= 0.3 is 0 Å². The van der Waals surface area contributed by atoms with Gasteiger partial charge in [-0.3, -0.25) is 0 Å². The van der Waals surface area contributed by atoms with E-state index in [1.807, 2.05) is 19.1 Å². The monoisotopic (exact) mass is 275 g/mol. The van der Waals surface area contributed by atoms with Gasteiger partial charge < -0.3 is 14.5 Å². The van der Waals surface area contributed by atoms with E-state index in [1.165, 1.54) is 10.9 Å². The quantitative estimate of drug-likeness (QED) is 0.827. The Kier molecular flexibility index (Phi) is 5.21. The summed E-state index contributed by atoms with van der Waals surface area (Å²) in [6.45, 7) is 10.0. The SMILES string of the molecule is CCOC(C)CNC(C)c1oc2ccccc2c1CC. The van der Waals surface area contributed by atoms with E-state index in [4.69, 9.17) is 9.15 Å². The molecule has 3 nitrogen and oxygen atoms in total. The highest BCUT2D eigenvalue weighted by molar-refractivity contribution is 5.82. The van der Waals surface area contributed by atoms with Crippen molar-refractivity contribution in [2.24, 2.45) is 0 Å². The van der Waals surface area contributed by atoms with Gasteiger partial charge in [0.05, 0.1) is 12.1 Å². The zero-order valence-corrected chi connectivity index (χ0v) is 12.9. The Morgan fingerprint density at radius 1 is 1.20 bits per heavy atom. The Balaban J connectivity index is 2.15. The molecule has 1 heterocycles. The topological polar surface area (TPSA) is 34.4 Å². The van der Waals surface area contributed by atoms with Crippen molar-refractivity contribution in [3.8, 4) is 0 Å². The predicted molar refractivity (Wildman–Crippen MR) is 83.1 cm³/mol. The normalized spacial score (nSPS) is 14.6. The van der Waals surface area contributed by atoms with Crippen molar-refractivity contribution in [2.45, 2.75) is 46.3 Å². The van der Waals surface area contributed by atoms with Gasteiger partial charge in [0.25, 0.3) is 0 Å². The molecular formula is C17H25NO2. The van der Waals surface area contributed by atoms with Gasteiger partial charge in [0.2, 0.25) is 0 Å². The molecule has 2 aromatic rings. The third-order valence-corrected chi connectivity index (χ3v) is 3.64. The van der Waals surface area contributed by atoms with Crippen LogP contribution in [0.25, 0.3) is 11.0 Å². The van der Waals surface area contributed by atoms with Crippen LogP contribution in [0.2, 0.25) is 0 Å². The van der Waals surface area contributed by atoms with Crippen LogP contribution >= 0.6 is 0 Å². The lowest BCUT2D eigenvalue weighted by Crippen LogP contribution is -2.29. The molecule has 1 aromatic carbocycles. The van der Waals surface area contributed by atoms with E-state index >= 15 is 0 Å². The van der Waals surface area contributed by atoms with Gasteiger partial charge in [-0.05, 0) is 33.3 Å². The molecule has 0 spiro atoms. The molecule has 20 heavy (non-hydrogen) atoms. The summed E-state index contributed by atoms with van der Waals surface area (Å²) in [5.74, 6) is 1.05. The van der Waals surface area contributed by atoms with Gasteiger partial charge in [-0.2, -0.15) is 0 Å². The Labute approximate surface area is 121 Å². The molecule has 0 radical (unpaired) electrons. The minimum atomic E-state index is 0.195. The molecule has 0 saturated carbocycles. The van der Waals surface area contributed by atoms with Crippen molar-refractivity contribution < 1.29 is 9.15 Å². The molecule has 0 saturated heterocycles. The lowest BCUT2D eigenvalue weighted by atomic mass is 10.0. The van der Waals surface area contributed by atoms with Crippen molar-refractivity contribution in [1.82, 2.24) is 5.32 Å².